The van der Waals surface area contributed by atoms with Gasteiger partial charge in [-0.15, -0.1) is 0 Å². The van der Waals surface area contributed by atoms with E-state index >= 15 is 0 Å². The molecule has 0 aliphatic heterocycles. The molecule has 0 spiro atoms. The van der Waals surface area contributed by atoms with E-state index in [1.54, 1.807) is 29.3 Å². The van der Waals surface area contributed by atoms with Crippen molar-refractivity contribution in [3.63, 3.8) is 0 Å². The molecule has 1 aromatic carbocycles. The van der Waals surface area contributed by atoms with Gasteiger partial charge in [-0.05, 0) is 25.0 Å². The van der Waals surface area contributed by atoms with Gasteiger partial charge in [0.15, 0.2) is 0 Å². The number of imidazole rings is 1. The van der Waals surface area contributed by atoms with Crippen molar-refractivity contribution in [1.29, 1.82) is 0 Å². The first-order chi connectivity index (χ1) is 12.0. The van der Waals surface area contributed by atoms with Crippen molar-refractivity contribution < 1.29 is 18.3 Å². The van der Waals surface area contributed by atoms with Gasteiger partial charge in [0.25, 0.3) is 0 Å². The van der Waals surface area contributed by atoms with Crippen LogP contribution in [0, 0.1) is 0 Å². The lowest BCUT2D eigenvalue weighted by Gasteiger charge is -2.20. The summed E-state index contributed by atoms with van der Waals surface area (Å²) in [5, 5.41) is 0. The van der Waals surface area contributed by atoms with Crippen LogP contribution in [0.15, 0.2) is 42.7 Å². The molecule has 0 N–H and O–H groups in total. The molecule has 0 saturated heterocycles. The second kappa shape index (κ2) is 7.46. The number of aryl methyl sites for hydroxylation is 1. The molecular formula is C18H19F2N3O2. The van der Waals surface area contributed by atoms with Crippen molar-refractivity contribution in [1.82, 2.24) is 14.5 Å². The van der Waals surface area contributed by atoms with Gasteiger partial charge in [0.1, 0.15) is 11.6 Å². The van der Waals surface area contributed by atoms with Crippen molar-refractivity contribution in [2.24, 2.45) is 7.05 Å². The summed E-state index contributed by atoms with van der Waals surface area (Å²) in [6.45, 7) is -2.48. The maximum absolute atomic E-state index is 12.6. The van der Waals surface area contributed by atoms with Gasteiger partial charge in [0.2, 0.25) is 5.91 Å². The highest BCUT2D eigenvalue weighted by Crippen LogP contribution is 2.29. The largest absolute Gasteiger partial charge is 0.434 e. The molecular weight excluding hydrogens is 328 g/mol. The van der Waals surface area contributed by atoms with Crippen molar-refractivity contribution in [3.8, 4) is 5.75 Å². The molecule has 1 aromatic heterocycles. The first-order valence-corrected chi connectivity index (χ1v) is 8.03. The molecule has 1 fully saturated rings. The predicted molar refractivity (Wildman–Crippen MR) is 88.9 cm³/mol. The molecule has 25 heavy (non-hydrogen) atoms. The van der Waals surface area contributed by atoms with Crippen molar-refractivity contribution >= 4 is 12.0 Å². The average Bonchev–Trinajstić information content (AvgIpc) is 3.34. The van der Waals surface area contributed by atoms with Crippen molar-refractivity contribution in [2.45, 2.75) is 32.0 Å². The topological polar surface area (TPSA) is 47.4 Å². The molecule has 0 unspecified atom stereocenters. The second-order valence-corrected chi connectivity index (χ2v) is 5.90. The van der Waals surface area contributed by atoms with E-state index in [0.717, 1.165) is 18.7 Å². The number of ether oxygens (including phenoxy) is 1. The third-order valence-corrected chi connectivity index (χ3v) is 4.04. The van der Waals surface area contributed by atoms with Crippen molar-refractivity contribution in [2.75, 3.05) is 0 Å². The van der Waals surface area contributed by atoms with Crippen LogP contribution in [0.2, 0.25) is 0 Å². The molecule has 1 saturated carbocycles. The molecule has 3 rings (SSSR count). The smallest absolute Gasteiger partial charge is 0.387 e. The number of nitrogens with zero attached hydrogens (tertiary/aromatic N) is 3. The van der Waals surface area contributed by atoms with Crippen LogP contribution in [0.4, 0.5) is 8.78 Å². The summed E-state index contributed by atoms with van der Waals surface area (Å²) in [5.41, 5.74) is 0.434. The normalized spacial score (nSPS) is 14.2. The summed E-state index contributed by atoms with van der Waals surface area (Å²) in [7, 11) is 1.88. The summed E-state index contributed by atoms with van der Waals surface area (Å²) in [4.78, 5) is 18.6. The number of carbonyl (C=O) groups excluding carboxylic acids is 1. The number of benzene rings is 1. The van der Waals surface area contributed by atoms with E-state index in [9.17, 15) is 13.6 Å². The van der Waals surface area contributed by atoms with Gasteiger partial charge in [-0.3, -0.25) is 4.79 Å². The first kappa shape index (κ1) is 17.1. The van der Waals surface area contributed by atoms with Gasteiger partial charge in [-0.2, -0.15) is 8.78 Å². The molecule has 1 aliphatic rings. The zero-order valence-electron chi connectivity index (χ0n) is 13.8. The Kier molecular flexibility index (Phi) is 5.11. The number of aromatic nitrogens is 2. The Bertz CT molecular complexity index is 769. The molecule has 0 bridgehead atoms. The summed E-state index contributed by atoms with van der Waals surface area (Å²) in [5.74, 6) is 0.677. The average molecular weight is 347 g/mol. The first-order valence-electron chi connectivity index (χ1n) is 8.03. The Morgan fingerprint density at radius 1 is 1.44 bits per heavy atom. The summed E-state index contributed by atoms with van der Waals surface area (Å²) < 4.78 is 31.3. The number of para-hydroxylation sites is 1. The number of hydrogen-bond acceptors (Lipinski definition) is 3. The highest BCUT2D eigenvalue weighted by atomic mass is 19.3. The number of halogens is 2. The van der Waals surface area contributed by atoms with Crippen LogP contribution in [-0.4, -0.2) is 33.0 Å². The van der Waals surface area contributed by atoms with Crippen LogP contribution in [0.1, 0.15) is 24.2 Å². The molecule has 7 heteroatoms. The number of hydrogen-bond donors (Lipinski definition) is 0. The molecule has 0 radical (unpaired) electrons. The minimum Gasteiger partial charge on any atom is -0.434 e. The lowest BCUT2D eigenvalue weighted by atomic mass is 10.2. The fraction of sp³-hybridized carbons (Fsp3) is 0.333. The molecule has 1 aliphatic carbocycles. The van der Waals surface area contributed by atoms with E-state index in [1.807, 2.05) is 17.8 Å². The van der Waals surface area contributed by atoms with Crippen LogP contribution in [-0.2, 0) is 18.4 Å². The summed E-state index contributed by atoms with van der Waals surface area (Å²) in [6.07, 6.45) is 8.37. The Balaban J connectivity index is 1.73. The zero-order valence-corrected chi connectivity index (χ0v) is 13.8. The maximum Gasteiger partial charge on any atom is 0.387 e. The third kappa shape index (κ3) is 4.43. The van der Waals surface area contributed by atoms with E-state index in [-0.39, 0.29) is 17.7 Å². The van der Waals surface area contributed by atoms with Crippen LogP contribution in [0.25, 0.3) is 6.08 Å². The molecule has 5 nitrogen and oxygen atoms in total. The molecule has 2 aromatic rings. The second-order valence-electron chi connectivity index (χ2n) is 5.90. The Labute approximate surface area is 144 Å². The lowest BCUT2D eigenvalue weighted by Crippen LogP contribution is -2.32. The Morgan fingerprint density at radius 2 is 2.20 bits per heavy atom. The number of carbonyl (C=O) groups is 1. The van der Waals surface area contributed by atoms with Gasteiger partial charge in [0, 0.05) is 37.1 Å². The van der Waals surface area contributed by atoms with Crippen LogP contribution >= 0.6 is 0 Å². The van der Waals surface area contributed by atoms with E-state index in [4.69, 9.17) is 0 Å². The van der Waals surface area contributed by atoms with Gasteiger partial charge in [-0.25, -0.2) is 4.98 Å². The molecule has 132 valence electrons. The van der Waals surface area contributed by atoms with Gasteiger partial charge in [-0.1, -0.05) is 18.2 Å². The van der Waals surface area contributed by atoms with Crippen LogP contribution in [0.3, 0.4) is 0 Å². The monoisotopic (exact) mass is 347 g/mol. The molecule has 1 amide bonds. The summed E-state index contributed by atoms with van der Waals surface area (Å²) in [6, 6.07) is 6.59. The van der Waals surface area contributed by atoms with Gasteiger partial charge in [0.05, 0.1) is 6.54 Å². The molecule has 0 atom stereocenters. The highest BCUT2D eigenvalue weighted by Gasteiger charge is 2.32. The standard InChI is InChI=1S/C18H19F2N3O2/c1-22-11-10-21-16(22)12-23(14-7-8-14)17(24)9-6-13-4-2-3-5-15(13)25-18(19)20/h2-6,9-11,14,18H,7-8,12H2,1H3/b9-6+. The van der Waals surface area contributed by atoms with E-state index in [1.165, 1.54) is 18.2 Å². The zero-order chi connectivity index (χ0) is 17.8. The van der Waals surface area contributed by atoms with Gasteiger partial charge < -0.3 is 14.2 Å². The van der Waals surface area contributed by atoms with E-state index in [2.05, 4.69) is 9.72 Å². The fourth-order valence-electron chi connectivity index (χ4n) is 2.55. The number of amides is 1. The van der Waals surface area contributed by atoms with E-state index in [0.29, 0.717) is 12.1 Å². The SMILES string of the molecule is Cn1ccnc1CN(C(=O)/C=C/c1ccccc1OC(F)F)C1CC1. The predicted octanol–water partition coefficient (Wildman–Crippen LogP) is 3.23. The van der Waals surface area contributed by atoms with Gasteiger partial charge >= 0.3 is 6.61 Å². The Hall–Kier alpha value is -2.70. The molecule has 1 heterocycles. The van der Waals surface area contributed by atoms with Crippen molar-refractivity contribution in [3.05, 3.63) is 54.1 Å². The van der Waals surface area contributed by atoms with Crippen LogP contribution in [0.5, 0.6) is 5.75 Å². The fourth-order valence-corrected chi connectivity index (χ4v) is 2.55. The number of alkyl halides is 2. The van der Waals surface area contributed by atoms with Crippen LogP contribution < -0.4 is 4.74 Å². The number of rotatable bonds is 7. The maximum atomic E-state index is 12.6. The quantitative estimate of drug-likeness (QED) is 0.723. The highest BCUT2D eigenvalue weighted by molar-refractivity contribution is 5.92. The lowest BCUT2D eigenvalue weighted by molar-refractivity contribution is -0.127. The minimum absolute atomic E-state index is 0.0450. The third-order valence-electron chi connectivity index (χ3n) is 4.04. The minimum atomic E-state index is -2.91. The van der Waals surface area contributed by atoms with E-state index < -0.39 is 6.61 Å². The summed E-state index contributed by atoms with van der Waals surface area (Å²) >= 11 is 0. The Morgan fingerprint density at radius 3 is 2.84 bits per heavy atom.